The quantitative estimate of drug-likeness (QED) is 0.617. The Kier molecular flexibility index (Phi) is 6.89. The van der Waals surface area contributed by atoms with Crippen LogP contribution in [0.5, 0.6) is 0 Å². The number of carbonyl (C=O) groups excluding carboxylic acids is 1. The van der Waals surface area contributed by atoms with Crippen LogP contribution in [0.4, 0.5) is 4.39 Å². The Labute approximate surface area is 182 Å². The molecule has 0 bridgehead atoms. The van der Waals surface area contributed by atoms with Gasteiger partial charge in [0.2, 0.25) is 0 Å². The normalized spacial score (nSPS) is 20.2. The van der Waals surface area contributed by atoms with Gasteiger partial charge in [0.15, 0.2) is 0 Å². The predicted molar refractivity (Wildman–Crippen MR) is 116 cm³/mol. The molecule has 1 aliphatic heterocycles. The van der Waals surface area contributed by atoms with Crippen molar-refractivity contribution < 1.29 is 18.7 Å². The van der Waals surface area contributed by atoms with Gasteiger partial charge in [-0.3, -0.25) is 9.48 Å². The molecule has 1 amide bonds. The number of ether oxygens (including phenoxy) is 2. The number of nitrogens with one attached hydrogen (secondary N) is 1. The lowest BCUT2D eigenvalue weighted by atomic mass is 10.0. The van der Waals surface area contributed by atoms with Gasteiger partial charge in [0.1, 0.15) is 11.9 Å². The molecular formula is C23H33FN4O3. The number of carbonyl (C=O) groups is 1. The highest BCUT2D eigenvalue weighted by Gasteiger charge is 2.40. The van der Waals surface area contributed by atoms with Gasteiger partial charge in [-0.2, -0.15) is 5.10 Å². The number of nitrogens with zero attached hydrogens (tertiary/aromatic N) is 3. The van der Waals surface area contributed by atoms with E-state index in [1.54, 1.807) is 13.2 Å². The molecule has 7 nitrogen and oxygen atoms in total. The van der Waals surface area contributed by atoms with Gasteiger partial charge in [0, 0.05) is 39.4 Å². The molecule has 2 heterocycles. The number of hydrogen-bond donors (Lipinski definition) is 1. The summed E-state index contributed by atoms with van der Waals surface area (Å²) in [5.74, 6) is -0.279. The van der Waals surface area contributed by atoms with Crippen LogP contribution in [0.3, 0.4) is 0 Å². The number of rotatable bonds is 9. The first kappa shape index (κ1) is 22.2. The summed E-state index contributed by atoms with van der Waals surface area (Å²) in [6.45, 7) is 7.08. The molecule has 1 N–H and O–H groups in total. The maximum atomic E-state index is 15.3. The van der Waals surface area contributed by atoms with Gasteiger partial charge in [0.25, 0.3) is 5.91 Å². The summed E-state index contributed by atoms with van der Waals surface area (Å²) < 4.78 is 28.0. The minimum atomic E-state index is -0.475. The fraction of sp³-hybridized carbons (Fsp3) is 0.652. The standard InChI is InChI=1S/C23H33FN4O3/c1-4-19-22-18(24)12-16(13-20(22)27(26-19)9-5-10-30-3)15(2)28(17-6-7-17)23(29)21-14-25-8-11-31-21/h12-13,15,17,21,25H,4-11,14H2,1-3H3/t15-,21+/m0/s1. The van der Waals surface area contributed by atoms with Gasteiger partial charge >= 0.3 is 0 Å². The number of methoxy groups -OCH3 is 1. The van der Waals surface area contributed by atoms with Gasteiger partial charge in [-0.05, 0) is 50.3 Å². The van der Waals surface area contributed by atoms with Crippen molar-refractivity contribution in [3.05, 3.63) is 29.2 Å². The van der Waals surface area contributed by atoms with Gasteiger partial charge in [-0.1, -0.05) is 6.92 Å². The lowest BCUT2D eigenvalue weighted by molar-refractivity contribution is -0.148. The molecule has 2 atom stereocenters. The molecule has 4 rings (SSSR count). The van der Waals surface area contributed by atoms with Crippen LogP contribution in [0.1, 0.15) is 50.4 Å². The summed E-state index contributed by atoms with van der Waals surface area (Å²) in [5.41, 5.74) is 2.35. The highest BCUT2D eigenvalue weighted by Crippen LogP contribution is 2.37. The number of aromatic nitrogens is 2. The summed E-state index contributed by atoms with van der Waals surface area (Å²) in [4.78, 5) is 15.2. The number of halogens is 1. The molecule has 2 aliphatic rings. The Morgan fingerprint density at radius 1 is 1.45 bits per heavy atom. The van der Waals surface area contributed by atoms with Crippen LogP contribution in [-0.4, -0.2) is 66.1 Å². The molecular weight excluding hydrogens is 399 g/mol. The molecule has 1 saturated heterocycles. The van der Waals surface area contributed by atoms with Crippen molar-refractivity contribution in [2.24, 2.45) is 0 Å². The second-order valence-electron chi connectivity index (χ2n) is 8.48. The Bertz CT molecular complexity index is 921. The first-order valence-corrected chi connectivity index (χ1v) is 11.4. The zero-order chi connectivity index (χ0) is 22.0. The molecule has 31 heavy (non-hydrogen) atoms. The van der Waals surface area contributed by atoms with Crippen molar-refractivity contribution in [3.63, 3.8) is 0 Å². The number of hydrogen-bond acceptors (Lipinski definition) is 5. The lowest BCUT2D eigenvalue weighted by Crippen LogP contribution is -2.50. The van der Waals surface area contributed by atoms with E-state index in [1.165, 1.54) is 0 Å². The van der Waals surface area contributed by atoms with Crippen LogP contribution < -0.4 is 5.32 Å². The van der Waals surface area contributed by atoms with Crippen molar-refractivity contribution in [2.45, 2.75) is 64.3 Å². The van der Waals surface area contributed by atoms with E-state index < -0.39 is 6.10 Å². The Balaban J connectivity index is 1.66. The third-order valence-electron chi connectivity index (χ3n) is 6.25. The number of aryl methyl sites for hydroxylation is 2. The van der Waals surface area contributed by atoms with Crippen LogP contribution in [0, 0.1) is 5.82 Å². The topological polar surface area (TPSA) is 68.6 Å². The van der Waals surface area contributed by atoms with Crippen LogP contribution in [0.2, 0.25) is 0 Å². The van der Waals surface area contributed by atoms with Crippen LogP contribution in [0.15, 0.2) is 12.1 Å². The van der Waals surface area contributed by atoms with E-state index >= 15 is 4.39 Å². The van der Waals surface area contributed by atoms with E-state index in [1.807, 2.05) is 29.5 Å². The third-order valence-corrected chi connectivity index (χ3v) is 6.25. The molecule has 0 spiro atoms. The SMILES string of the molecule is CCc1nn(CCCOC)c2cc([C@H](C)N(C(=O)[C@H]3CNCCO3)C3CC3)cc(F)c12. The fourth-order valence-electron chi connectivity index (χ4n) is 4.46. The lowest BCUT2D eigenvalue weighted by Gasteiger charge is -2.34. The molecule has 1 aromatic heterocycles. The van der Waals surface area contributed by atoms with Gasteiger partial charge < -0.3 is 19.7 Å². The van der Waals surface area contributed by atoms with Crippen molar-refractivity contribution in [1.82, 2.24) is 20.0 Å². The zero-order valence-electron chi connectivity index (χ0n) is 18.7. The average Bonchev–Trinajstić information content (AvgIpc) is 3.55. The number of benzene rings is 1. The van der Waals surface area contributed by atoms with E-state index in [0.29, 0.717) is 38.1 Å². The molecule has 2 fully saturated rings. The monoisotopic (exact) mass is 432 g/mol. The second-order valence-corrected chi connectivity index (χ2v) is 8.48. The Hall–Kier alpha value is -2.03. The Morgan fingerprint density at radius 2 is 2.26 bits per heavy atom. The minimum absolute atomic E-state index is 0.00875. The van der Waals surface area contributed by atoms with Crippen LogP contribution in [0.25, 0.3) is 10.9 Å². The summed E-state index contributed by atoms with van der Waals surface area (Å²) in [7, 11) is 1.67. The third kappa shape index (κ3) is 4.61. The fourth-order valence-corrected chi connectivity index (χ4v) is 4.46. The van der Waals surface area contributed by atoms with Gasteiger partial charge in [-0.25, -0.2) is 4.39 Å². The number of fused-ring (bicyclic) bond motifs is 1. The van der Waals surface area contributed by atoms with Gasteiger partial charge in [0.05, 0.1) is 29.2 Å². The summed E-state index contributed by atoms with van der Waals surface area (Å²) in [6, 6.07) is 3.54. The zero-order valence-corrected chi connectivity index (χ0v) is 18.7. The molecule has 1 saturated carbocycles. The first-order valence-electron chi connectivity index (χ1n) is 11.4. The molecule has 1 aliphatic carbocycles. The van der Waals surface area contributed by atoms with Crippen molar-refractivity contribution in [1.29, 1.82) is 0 Å². The highest BCUT2D eigenvalue weighted by molar-refractivity contribution is 5.85. The second kappa shape index (κ2) is 9.63. The summed E-state index contributed by atoms with van der Waals surface area (Å²) >= 11 is 0. The Morgan fingerprint density at radius 3 is 2.90 bits per heavy atom. The maximum absolute atomic E-state index is 15.3. The van der Waals surface area contributed by atoms with Crippen molar-refractivity contribution in [2.75, 3.05) is 33.4 Å². The summed E-state index contributed by atoms with van der Waals surface area (Å²) in [6.07, 6.45) is 2.96. The number of morpholine rings is 1. The predicted octanol–water partition coefficient (Wildman–Crippen LogP) is 2.81. The van der Waals surface area contributed by atoms with Crippen molar-refractivity contribution in [3.8, 4) is 0 Å². The minimum Gasteiger partial charge on any atom is -0.385 e. The van der Waals surface area contributed by atoms with E-state index in [9.17, 15) is 4.79 Å². The average molecular weight is 433 g/mol. The molecule has 8 heteroatoms. The van der Waals surface area contributed by atoms with E-state index in [0.717, 1.165) is 42.6 Å². The molecule has 0 radical (unpaired) electrons. The molecule has 170 valence electrons. The number of amides is 1. The highest BCUT2D eigenvalue weighted by atomic mass is 19.1. The summed E-state index contributed by atoms with van der Waals surface area (Å²) in [5, 5.41) is 8.47. The largest absolute Gasteiger partial charge is 0.385 e. The first-order chi connectivity index (χ1) is 15.0. The van der Waals surface area contributed by atoms with E-state index in [4.69, 9.17) is 9.47 Å². The van der Waals surface area contributed by atoms with Crippen molar-refractivity contribution >= 4 is 16.8 Å². The van der Waals surface area contributed by atoms with Crippen LogP contribution >= 0.6 is 0 Å². The smallest absolute Gasteiger partial charge is 0.253 e. The maximum Gasteiger partial charge on any atom is 0.253 e. The molecule has 2 aromatic rings. The van der Waals surface area contributed by atoms with Crippen LogP contribution in [-0.2, 0) is 27.2 Å². The van der Waals surface area contributed by atoms with E-state index in [-0.39, 0.29) is 23.8 Å². The molecule has 1 aromatic carbocycles. The van der Waals surface area contributed by atoms with E-state index in [2.05, 4.69) is 10.4 Å². The van der Waals surface area contributed by atoms with Gasteiger partial charge in [-0.15, -0.1) is 0 Å². The molecule has 0 unspecified atom stereocenters.